The van der Waals surface area contributed by atoms with Crippen molar-refractivity contribution >= 4 is 0 Å². The lowest BCUT2D eigenvalue weighted by Crippen LogP contribution is -2.18. The van der Waals surface area contributed by atoms with Crippen molar-refractivity contribution in [2.75, 3.05) is 0 Å². The van der Waals surface area contributed by atoms with E-state index in [-0.39, 0.29) is 12.1 Å². The number of hydrogen-bond acceptors (Lipinski definition) is 3. The molecule has 0 aliphatic heterocycles. The van der Waals surface area contributed by atoms with Crippen LogP contribution in [0.5, 0.6) is 0 Å². The van der Waals surface area contributed by atoms with E-state index in [4.69, 9.17) is 0 Å². The van der Waals surface area contributed by atoms with Gasteiger partial charge in [0.15, 0.2) is 0 Å². The molecule has 0 radical (unpaired) electrons. The Balaban J connectivity index is 1.98. The minimum atomic E-state index is -0.253. The molecule has 0 aromatic carbocycles. The van der Waals surface area contributed by atoms with Gasteiger partial charge in [-0.05, 0) is 38.3 Å². The molecule has 2 aromatic rings. The number of aliphatic hydroxyl groups is 1. The van der Waals surface area contributed by atoms with E-state index in [1.54, 1.807) is 6.20 Å². The Morgan fingerprint density at radius 1 is 1.28 bits per heavy atom. The van der Waals surface area contributed by atoms with Crippen LogP contribution in [-0.4, -0.2) is 25.7 Å². The molecule has 0 bridgehead atoms. The number of imidazole rings is 1. The number of aliphatic hydroxyl groups excluding tert-OH is 1. The Hall–Kier alpha value is -1.68. The normalized spacial score (nSPS) is 23.4. The second kappa shape index (κ2) is 4.53. The molecule has 1 fully saturated rings. The summed E-state index contributed by atoms with van der Waals surface area (Å²) >= 11 is 0. The zero-order valence-corrected chi connectivity index (χ0v) is 10.5. The third-order valence-corrected chi connectivity index (χ3v) is 3.64. The summed E-state index contributed by atoms with van der Waals surface area (Å²) in [6.45, 7) is 1.97. The van der Waals surface area contributed by atoms with E-state index < -0.39 is 0 Å². The molecule has 0 unspecified atom stereocenters. The molecule has 94 valence electrons. The second-order valence-corrected chi connectivity index (χ2v) is 4.91. The van der Waals surface area contributed by atoms with Crippen molar-refractivity contribution < 1.29 is 5.11 Å². The van der Waals surface area contributed by atoms with Crippen molar-refractivity contribution in [1.29, 1.82) is 0 Å². The van der Waals surface area contributed by atoms with Crippen molar-refractivity contribution in [3.8, 4) is 11.4 Å². The minimum absolute atomic E-state index is 0.156. The van der Waals surface area contributed by atoms with Crippen LogP contribution in [0.2, 0.25) is 0 Å². The number of nitrogens with zero attached hydrogens (tertiary/aromatic N) is 3. The van der Waals surface area contributed by atoms with Crippen LogP contribution < -0.4 is 0 Å². The van der Waals surface area contributed by atoms with Crippen LogP contribution in [0.4, 0.5) is 0 Å². The smallest absolute Gasteiger partial charge is 0.141 e. The maximum atomic E-state index is 10.0. The van der Waals surface area contributed by atoms with Gasteiger partial charge in [0.1, 0.15) is 5.82 Å². The lowest BCUT2D eigenvalue weighted by molar-refractivity contribution is 0.137. The first-order valence-corrected chi connectivity index (χ1v) is 6.39. The fourth-order valence-electron chi connectivity index (χ4n) is 2.65. The molecule has 0 spiro atoms. The van der Waals surface area contributed by atoms with Crippen LogP contribution >= 0.6 is 0 Å². The number of hydrogen-bond donors (Lipinski definition) is 1. The fraction of sp³-hybridized carbons (Fsp3) is 0.429. The van der Waals surface area contributed by atoms with E-state index in [1.165, 1.54) is 0 Å². The van der Waals surface area contributed by atoms with E-state index in [0.717, 1.165) is 36.3 Å². The monoisotopic (exact) mass is 243 g/mol. The summed E-state index contributed by atoms with van der Waals surface area (Å²) in [5.74, 6) is 0.897. The number of rotatable bonds is 2. The highest BCUT2D eigenvalue weighted by Crippen LogP contribution is 2.33. The zero-order chi connectivity index (χ0) is 12.5. The maximum absolute atomic E-state index is 10.0. The highest BCUT2D eigenvalue weighted by molar-refractivity contribution is 5.54. The van der Waals surface area contributed by atoms with Gasteiger partial charge in [0.05, 0.1) is 12.1 Å². The summed E-state index contributed by atoms with van der Waals surface area (Å²) in [5, 5.41) is 10.0. The molecule has 0 saturated heterocycles. The van der Waals surface area contributed by atoms with E-state index >= 15 is 0 Å². The van der Waals surface area contributed by atoms with Gasteiger partial charge in [-0.15, -0.1) is 0 Å². The van der Waals surface area contributed by atoms with Gasteiger partial charge in [0.25, 0.3) is 0 Å². The first-order valence-electron chi connectivity index (χ1n) is 6.39. The minimum Gasteiger partial charge on any atom is -0.391 e. The van der Waals surface area contributed by atoms with Crippen molar-refractivity contribution in [2.24, 2.45) is 0 Å². The number of aryl methyl sites for hydroxylation is 1. The SMILES string of the molecule is Cc1ccc(-c2nccn2[C@H]2CCC[C@@H]2O)cn1. The largest absolute Gasteiger partial charge is 0.391 e. The molecule has 2 atom stereocenters. The molecule has 1 aliphatic carbocycles. The quantitative estimate of drug-likeness (QED) is 0.880. The summed E-state index contributed by atoms with van der Waals surface area (Å²) < 4.78 is 2.09. The lowest BCUT2D eigenvalue weighted by atomic mass is 10.2. The molecule has 4 nitrogen and oxygen atoms in total. The first kappa shape index (κ1) is 11.4. The van der Waals surface area contributed by atoms with Gasteiger partial charge >= 0.3 is 0 Å². The number of aromatic nitrogens is 3. The Kier molecular flexibility index (Phi) is 2.88. The summed E-state index contributed by atoms with van der Waals surface area (Å²) in [6.07, 6.45) is 8.31. The fourth-order valence-corrected chi connectivity index (χ4v) is 2.65. The first-order chi connectivity index (χ1) is 8.75. The third-order valence-electron chi connectivity index (χ3n) is 3.64. The van der Waals surface area contributed by atoms with Gasteiger partial charge in [-0.2, -0.15) is 0 Å². The summed E-state index contributed by atoms with van der Waals surface area (Å²) in [5.41, 5.74) is 2.00. The molecule has 2 heterocycles. The van der Waals surface area contributed by atoms with Crippen LogP contribution in [0.25, 0.3) is 11.4 Å². The summed E-state index contributed by atoms with van der Waals surface area (Å²) in [4.78, 5) is 8.71. The summed E-state index contributed by atoms with van der Waals surface area (Å²) in [7, 11) is 0. The van der Waals surface area contributed by atoms with E-state index in [9.17, 15) is 5.11 Å². The molecule has 0 amide bonds. The molecule has 4 heteroatoms. The van der Waals surface area contributed by atoms with Gasteiger partial charge in [-0.1, -0.05) is 0 Å². The van der Waals surface area contributed by atoms with E-state index in [0.29, 0.717) is 0 Å². The van der Waals surface area contributed by atoms with Crippen LogP contribution in [0.15, 0.2) is 30.7 Å². The van der Waals surface area contributed by atoms with Gasteiger partial charge in [-0.25, -0.2) is 4.98 Å². The number of pyridine rings is 1. The van der Waals surface area contributed by atoms with Gasteiger partial charge in [0.2, 0.25) is 0 Å². The van der Waals surface area contributed by atoms with E-state index in [2.05, 4.69) is 14.5 Å². The van der Waals surface area contributed by atoms with Gasteiger partial charge in [-0.3, -0.25) is 4.98 Å². The van der Waals surface area contributed by atoms with Crippen LogP contribution in [0.3, 0.4) is 0 Å². The highest BCUT2D eigenvalue weighted by Gasteiger charge is 2.28. The van der Waals surface area contributed by atoms with Crippen molar-refractivity contribution in [3.05, 3.63) is 36.4 Å². The second-order valence-electron chi connectivity index (χ2n) is 4.91. The van der Waals surface area contributed by atoms with Crippen molar-refractivity contribution in [1.82, 2.24) is 14.5 Å². The summed E-state index contributed by atoms with van der Waals surface area (Å²) in [6, 6.07) is 4.17. The molecule has 2 aromatic heterocycles. The standard InChI is InChI=1S/C14H17N3O/c1-10-5-6-11(9-16-10)14-15-7-8-17(14)12-3-2-4-13(12)18/h5-9,12-13,18H,2-4H2,1H3/t12-,13-/m0/s1. The molecule has 18 heavy (non-hydrogen) atoms. The molecule has 1 N–H and O–H groups in total. The highest BCUT2D eigenvalue weighted by atomic mass is 16.3. The van der Waals surface area contributed by atoms with Crippen LogP contribution in [0, 0.1) is 6.92 Å². The Bertz CT molecular complexity index is 532. The Labute approximate surface area is 106 Å². The van der Waals surface area contributed by atoms with Crippen molar-refractivity contribution in [3.63, 3.8) is 0 Å². The predicted octanol–water partition coefficient (Wildman–Crippen LogP) is 2.34. The molecular formula is C14H17N3O. The lowest BCUT2D eigenvalue weighted by Gasteiger charge is -2.18. The predicted molar refractivity (Wildman–Crippen MR) is 69.1 cm³/mol. The third kappa shape index (κ3) is 1.93. The van der Waals surface area contributed by atoms with Gasteiger partial charge < -0.3 is 9.67 Å². The van der Waals surface area contributed by atoms with Crippen LogP contribution in [-0.2, 0) is 0 Å². The van der Waals surface area contributed by atoms with Gasteiger partial charge in [0, 0.05) is 29.8 Å². The van der Waals surface area contributed by atoms with Crippen LogP contribution in [0.1, 0.15) is 31.0 Å². The van der Waals surface area contributed by atoms with E-state index in [1.807, 2.05) is 31.5 Å². The Morgan fingerprint density at radius 2 is 2.17 bits per heavy atom. The molecule has 1 aliphatic rings. The molecule has 3 rings (SSSR count). The Morgan fingerprint density at radius 3 is 2.83 bits per heavy atom. The zero-order valence-electron chi connectivity index (χ0n) is 10.5. The molecular weight excluding hydrogens is 226 g/mol. The average Bonchev–Trinajstić information content (AvgIpc) is 2.98. The maximum Gasteiger partial charge on any atom is 0.141 e. The van der Waals surface area contributed by atoms with Crippen molar-refractivity contribution in [2.45, 2.75) is 38.3 Å². The molecule has 1 saturated carbocycles. The average molecular weight is 243 g/mol. The topological polar surface area (TPSA) is 50.9 Å².